The lowest BCUT2D eigenvalue weighted by molar-refractivity contribution is -0.122. The molecule has 0 saturated heterocycles. The quantitative estimate of drug-likeness (QED) is 0.654. The maximum atomic E-state index is 11.8. The first-order chi connectivity index (χ1) is 9.97. The monoisotopic (exact) mass is 289 g/mol. The van der Waals surface area contributed by atoms with Gasteiger partial charge in [-0.05, 0) is 42.5 Å². The third-order valence-corrected chi connectivity index (χ3v) is 3.51. The summed E-state index contributed by atoms with van der Waals surface area (Å²) in [6.07, 6.45) is 3.29. The zero-order valence-electron chi connectivity index (χ0n) is 12.5. The summed E-state index contributed by atoms with van der Waals surface area (Å²) < 4.78 is 0. The van der Waals surface area contributed by atoms with Gasteiger partial charge in [-0.15, -0.1) is 0 Å². The van der Waals surface area contributed by atoms with Crippen LogP contribution >= 0.6 is 0 Å². The van der Waals surface area contributed by atoms with Gasteiger partial charge in [0.25, 0.3) is 0 Å². The molecule has 0 spiro atoms. The van der Waals surface area contributed by atoms with Crippen LogP contribution in [0.4, 0.5) is 0 Å². The zero-order valence-corrected chi connectivity index (χ0v) is 12.5. The van der Waals surface area contributed by atoms with Gasteiger partial charge in [-0.25, -0.2) is 0 Å². The van der Waals surface area contributed by atoms with E-state index in [0.29, 0.717) is 25.3 Å². The van der Waals surface area contributed by atoms with Crippen LogP contribution in [0.3, 0.4) is 0 Å². The Morgan fingerprint density at radius 1 is 1.43 bits per heavy atom. The number of phenols is 1. The highest BCUT2D eigenvalue weighted by Gasteiger charge is 2.14. The fraction of sp³-hybridized carbons (Fsp3) is 0.438. The number of phenolic OH excluding ortho intramolecular Hbond substituents is 1. The molecule has 2 rings (SSSR count). The maximum Gasteiger partial charge on any atom is 0.236 e. The van der Waals surface area contributed by atoms with Crippen molar-refractivity contribution >= 4 is 16.8 Å². The molecule has 21 heavy (non-hydrogen) atoms. The molecule has 0 fully saturated rings. The molecule has 1 atom stereocenters. The molecule has 5 N–H and O–H groups in total. The van der Waals surface area contributed by atoms with Gasteiger partial charge in [0, 0.05) is 23.6 Å². The number of hydrogen-bond donors (Lipinski definition) is 4. The summed E-state index contributed by atoms with van der Waals surface area (Å²) in [6, 6.07) is 4.77. The number of H-pyrrole nitrogens is 1. The van der Waals surface area contributed by atoms with Gasteiger partial charge < -0.3 is 21.1 Å². The average Bonchev–Trinajstić information content (AvgIpc) is 2.80. The molecule has 0 bridgehead atoms. The Kier molecular flexibility index (Phi) is 4.85. The first-order valence-corrected chi connectivity index (χ1v) is 7.29. The van der Waals surface area contributed by atoms with Crippen molar-refractivity contribution in [2.75, 3.05) is 6.54 Å². The third kappa shape index (κ3) is 3.98. The molecule has 5 heteroatoms. The number of amides is 1. The fourth-order valence-corrected chi connectivity index (χ4v) is 2.44. The van der Waals surface area contributed by atoms with Crippen molar-refractivity contribution in [3.05, 3.63) is 30.0 Å². The molecule has 0 radical (unpaired) electrons. The van der Waals surface area contributed by atoms with Crippen LogP contribution in [0, 0.1) is 5.92 Å². The Hall–Kier alpha value is -2.01. The SMILES string of the molecule is CC(C)C[C@H](N)C(=O)NCCc1c[nH]c2ccc(O)cc12. The molecule has 0 aliphatic carbocycles. The smallest absolute Gasteiger partial charge is 0.236 e. The highest BCUT2D eigenvalue weighted by molar-refractivity contribution is 5.85. The second-order valence-electron chi connectivity index (χ2n) is 5.82. The number of fused-ring (bicyclic) bond motifs is 1. The second kappa shape index (κ2) is 6.63. The van der Waals surface area contributed by atoms with Gasteiger partial charge in [0.15, 0.2) is 0 Å². The highest BCUT2D eigenvalue weighted by atomic mass is 16.3. The number of nitrogens with two attached hydrogens (primary N) is 1. The van der Waals surface area contributed by atoms with Gasteiger partial charge in [-0.2, -0.15) is 0 Å². The van der Waals surface area contributed by atoms with E-state index in [-0.39, 0.29) is 11.7 Å². The van der Waals surface area contributed by atoms with Crippen molar-refractivity contribution in [3.8, 4) is 5.75 Å². The summed E-state index contributed by atoms with van der Waals surface area (Å²) in [6.45, 7) is 4.63. The van der Waals surface area contributed by atoms with Gasteiger partial charge >= 0.3 is 0 Å². The largest absolute Gasteiger partial charge is 0.508 e. The standard InChI is InChI=1S/C16H23N3O2/c1-10(2)7-14(17)16(21)18-6-5-11-9-19-15-4-3-12(20)8-13(11)15/h3-4,8-10,14,19-20H,5-7,17H2,1-2H3,(H,18,21)/t14-/m0/s1. The molecule has 1 heterocycles. The molecule has 0 unspecified atom stereocenters. The lowest BCUT2D eigenvalue weighted by Gasteiger charge is -2.13. The Labute approximate surface area is 124 Å². The van der Waals surface area contributed by atoms with Crippen LogP contribution in [-0.2, 0) is 11.2 Å². The van der Waals surface area contributed by atoms with Gasteiger partial charge in [0.2, 0.25) is 5.91 Å². The first-order valence-electron chi connectivity index (χ1n) is 7.29. The second-order valence-corrected chi connectivity index (χ2v) is 5.82. The molecular formula is C16H23N3O2. The molecule has 1 amide bonds. The predicted molar refractivity (Wildman–Crippen MR) is 84.1 cm³/mol. The van der Waals surface area contributed by atoms with Crippen molar-refractivity contribution in [1.29, 1.82) is 0 Å². The van der Waals surface area contributed by atoms with E-state index in [9.17, 15) is 9.90 Å². The summed E-state index contributed by atoms with van der Waals surface area (Å²) in [5, 5.41) is 13.4. The minimum Gasteiger partial charge on any atom is -0.508 e. The summed E-state index contributed by atoms with van der Waals surface area (Å²) in [4.78, 5) is 15.0. The molecule has 0 saturated carbocycles. The molecule has 114 valence electrons. The molecular weight excluding hydrogens is 266 g/mol. The number of hydrogen-bond acceptors (Lipinski definition) is 3. The number of carbonyl (C=O) groups is 1. The Balaban J connectivity index is 1.90. The normalized spacial score (nSPS) is 12.8. The van der Waals surface area contributed by atoms with Gasteiger partial charge in [-0.3, -0.25) is 4.79 Å². The molecule has 1 aromatic carbocycles. The molecule has 5 nitrogen and oxygen atoms in total. The minimum atomic E-state index is -0.447. The van der Waals surface area contributed by atoms with Crippen LogP contribution in [-0.4, -0.2) is 28.6 Å². The van der Waals surface area contributed by atoms with E-state index in [1.807, 2.05) is 26.1 Å². The lowest BCUT2D eigenvalue weighted by Crippen LogP contribution is -2.42. The van der Waals surface area contributed by atoms with Crippen molar-refractivity contribution in [2.45, 2.75) is 32.7 Å². The number of rotatable bonds is 6. The Morgan fingerprint density at radius 2 is 2.19 bits per heavy atom. The van der Waals surface area contributed by atoms with Crippen LogP contribution in [0.25, 0.3) is 10.9 Å². The number of aromatic hydroxyl groups is 1. The lowest BCUT2D eigenvalue weighted by atomic mass is 10.0. The van der Waals surface area contributed by atoms with Gasteiger partial charge in [0.05, 0.1) is 6.04 Å². The van der Waals surface area contributed by atoms with Crippen LogP contribution in [0.1, 0.15) is 25.8 Å². The Bertz CT molecular complexity index is 619. The Morgan fingerprint density at radius 3 is 2.90 bits per heavy atom. The van der Waals surface area contributed by atoms with Gasteiger partial charge in [0.1, 0.15) is 5.75 Å². The number of benzene rings is 1. The molecule has 0 aliphatic rings. The first kappa shape index (κ1) is 15.4. The van der Waals surface area contributed by atoms with Crippen molar-refractivity contribution in [1.82, 2.24) is 10.3 Å². The topological polar surface area (TPSA) is 91.1 Å². The summed E-state index contributed by atoms with van der Waals surface area (Å²) >= 11 is 0. The maximum absolute atomic E-state index is 11.8. The van der Waals surface area contributed by atoms with Crippen LogP contribution in [0.5, 0.6) is 5.75 Å². The molecule has 0 aliphatic heterocycles. The zero-order chi connectivity index (χ0) is 15.4. The van der Waals surface area contributed by atoms with E-state index in [0.717, 1.165) is 16.5 Å². The average molecular weight is 289 g/mol. The number of aromatic amines is 1. The number of aromatic nitrogens is 1. The third-order valence-electron chi connectivity index (χ3n) is 3.51. The van der Waals surface area contributed by atoms with E-state index >= 15 is 0 Å². The van der Waals surface area contributed by atoms with Crippen LogP contribution < -0.4 is 11.1 Å². The van der Waals surface area contributed by atoms with E-state index in [1.54, 1.807) is 12.1 Å². The summed E-state index contributed by atoms with van der Waals surface area (Å²) in [7, 11) is 0. The fourth-order valence-electron chi connectivity index (χ4n) is 2.44. The molecule has 1 aromatic heterocycles. The van der Waals surface area contributed by atoms with Crippen molar-refractivity contribution < 1.29 is 9.90 Å². The van der Waals surface area contributed by atoms with Crippen molar-refractivity contribution in [2.24, 2.45) is 11.7 Å². The van der Waals surface area contributed by atoms with Crippen LogP contribution in [0.15, 0.2) is 24.4 Å². The summed E-state index contributed by atoms with van der Waals surface area (Å²) in [5.41, 5.74) is 7.88. The van der Waals surface area contributed by atoms with E-state index < -0.39 is 6.04 Å². The van der Waals surface area contributed by atoms with Gasteiger partial charge in [-0.1, -0.05) is 13.8 Å². The molecule has 2 aromatic rings. The van der Waals surface area contributed by atoms with Crippen LogP contribution in [0.2, 0.25) is 0 Å². The van der Waals surface area contributed by atoms with E-state index in [2.05, 4.69) is 10.3 Å². The van der Waals surface area contributed by atoms with E-state index in [1.165, 1.54) is 0 Å². The summed E-state index contributed by atoms with van der Waals surface area (Å²) in [5.74, 6) is 0.542. The highest BCUT2D eigenvalue weighted by Crippen LogP contribution is 2.22. The number of carbonyl (C=O) groups excluding carboxylic acids is 1. The number of nitrogens with one attached hydrogen (secondary N) is 2. The van der Waals surface area contributed by atoms with E-state index in [4.69, 9.17) is 5.73 Å². The predicted octanol–water partition coefficient (Wildman–Crippen LogP) is 1.91. The minimum absolute atomic E-state index is 0.105. The van der Waals surface area contributed by atoms with Crippen molar-refractivity contribution in [3.63, 3.8) is 0 Å².